The monoisotopic (exact) mass is 1340 g/mol. The maximum atomic E-state index is 12.9. The molecule has 4 N–H and O–H groups in total. The van der Waals surface area contributed by atoms with E-state index >= 15 is 0 Å². The second-order valence-electron chi connectivity index (χ2n) is 22.9. The van der Waals surface area contributed by atoms with Crippen LogP contribution in [0.1, 0.15) is 252 Å². The third-order valence-corrected chi connectivity index (χ3v) is 16.0. The maximum absolute atomic E-state index is 12.9. The van der Waals surface area contributed by atoms with Crippen LogP contribution >= 0.6 is 15.6 Å². The number of hydrogen-bond donors (Lipinski definition) is 4. The van der Waals surface area contributed by atoms with E-state index < -0.39 is 91.5 Å². The number of phosphoric ester groups is 2. The first kappa shape index (κ1) is 88.4. The first-order chi connectivity index (χ1) is 45.2. The number of aliphatic hydroxyl groups excluding tert-OH is 2. The molecule has 16 nitrogen and oxygen atoms in total. The van der Waals surface area contributed by atoms with Crippen LogP contribution in [0, 0.1) is 0 Å². The third-order valence-electron chi connectivity index (χ3n) is 14.1. The summed E-state index contributed by atoms with van der Waals surface area (Å²) in [5.41, 5.74) is 0. The Bertz CT molecular complexity index is 2280. The molecule has 18 heteroatoms. The van der Waals surface area contributed by atoms with E-state index in [4.69, 9.17) is 32.3 Å². The Morgan fingerprint density at radius 3 is 0.968 bits per heavy atom. The van der Waals surface area contributed by atoms with Gasteiger partial charge in [-0.15, -0.1) is 0 Å². The van der Waals surface area contributed by atoms with Crippen LogP contribution in [0.25, 0.3) is 0 Å². The molecular formula is C75H124O16P2. The fourth-order valence-corrected chi connectivity index (χ4v) is 10.4. The fourth-order valence-electron chi connectivity index (χ4n) is 8.78. The Labute approximate surface area is 562 Å². The molecule has 0 aliphatic heterocycles. The van der Waals surface area contributed by atoms with Crippen molar-refractivity contribution in [2.24, 2.45) is 0 Å². The standard InChI is InChI=1S/C75H124O16P2/c1-4-7-10-13-16-19-22-24-26-28-30-31-32-33-34-35-36-37-39-41-42-44-47-49-52-55-58-61-73(78)85-64-70(76)65-87-92(81,82)88-66-71(77)67-89-93(83,84)90-69-72(91-75(80)63-60-57-54-51-46-21-18-15-12-9-6-3)68-86-74(79)62-59-56-53-50-48-45-43-40-38-29-27-25-23-20-17-14-11-8-5-2/h7-8,10-11,16-17,19-20,24-27,30-31,33-34,36-38,40,45,48,53,56,70-72,76-77H,4-6,9,12-15,18,21-23,28-29,32,35,39,41-44,46-47,49-52,54-55,57-69H2,1-3H3,(H,81,82)(H,83,84)/b10-7-,11-8-,19-16-,20-17-,26-24-,27-25-,31-30-,34-33-,37-36-,40-38-,48-45-,56-53-. The van der Waals surface area contributed by atoms with Crippen molar-refractivity contribution in [2.45, 2.75) is 270 Å². The van der Waals surface area contributed by atoms with Gasteiger partial charge in [0, 0.05) is 19.3 Å². The van der Waals surface area contributed by atoms with E-state index in [1.54, 1.807) is 0 Å². The fraction of sp³-hybridized carbons (Fsp3) is 0.640. The molecule has 0 rings (SSSR count). The summed E-state index contributed by atoms with van der Waals surface area (Å²) in [7, 11) is -9.80. The van der Waals surface area contributed by atoms with E-state index in [1.165, 1.54) is 57.8 Å². The number of hydrogen-bond acceptors (Lipinski definition) is 14. The maximum Gasteiger partial charge on any atom is 0.472 e. The van der Waals surface area contributed by atoms with Gasteiger partial charge >= 0.3 is 33.6 Å². The number of unbranched alkanes of at least 4 members (excludes halogenated alkanes) is 18. The van der Waals surface area contributed by atoms with E-state index in [-0.39, 0.29) is 19.3 Å². The molecule has 0 bridgehead atoms. The van der Waals surface area contributed by atoms with Crippen LogP contribution in [0.5, 0.6) is 0 Å². The molecule has 0 aliphatic rings. The normalized spacial score (nSPS) is 15.0. The van der Waals surface area contributed by atoms with Crippen LogP contribution in [-0.2, 0) is 55.8 Å². The molecule has 5 unspecified atom stereocenters. The molecule has 0 aromatic heterocycles. The minimum absolute atomic E-state index is 0.0431. The van der Waals surface area contributed by atoms with Gasteiger partial charge in [-0.3, -0.25) is 32.5 Å². The van der Waals surface area contributed by atoms with Gasteiger partial charge in [0.05, 0.1) is 26.4 Å². The van der Waals surface area contributed by atoms with E-state index in [0.717, 1.165) is 128 Å². The minimum atomic E-state index is -4.94. The Hall–Kier alpha value is -4.57. The van der Waals surface area contributed by atoms with E-state index in [0.29, 0.717) is 25.7 Å². The van der Waals surface area contributed by atoms with Crippen molar-refractivity contribution in [3.8, 4) is 0 Å². The molecule has 5 atom stereocenters. The van der Waals surface area contributed by atoms with E-state index in [1.807, 2.05) is 18.2 Å². The lowest BCUT2D eigenvalue weighted by atomic mass is 10.1. The highest BCUT2D eigenvalue weighted by Crippen LogP contribution is 2.45. The summed E-state index contributed by atoms with van der Waals surface area (Å²) in [6, 6.07) is 0. The zero-order chi connectivity index (χ0) is 68.1. The van der Waals surface area contributed by atoms with Gasteiger partial charge in [0.1, 0.15) is 25.4 Å². The van der Waals surface area contributed by atoms with E-state index in [9.17, 15) is 43.5 Å². The van der Waals surface area contributed by atoms with Crippen molar-refractivity contribution in [3.63, 3.8) is 0 Å². The number of carbonyl (C=O) groups excluding carboxylic acids is 3. The summed E-state index contributed by atoms with van der Waals surface area (Å²) in [5.74, 6) is -1.69. The number of carbonyl (C=O) groups is 3. The molecule has 0 amide bonds. The summed E-state index contributed by atoms with van der Waals surface area (Å²) in [6.07, 6.45) is 80.7. The Kier molecular flexibility index (Phi) is 64.1. The zero-order valence-corrected chi connectivity index (χ0v) is 59.2. The molecule has 0 aromatic carbocycles. The molecule has 0 aliphatic carbocycles. The molecule has 0 saturated heterocycles. The summed E-state index contributed by atoms with van der Waals surface area (Å²) >= 11 is 0. The van der Waals surface area contributed by atoms with Gasteiger partial charge in [-0.05, 0) is 109 Å². The van der Waals surface area contributed by atoms with Crippen LogP contribution in [0.2, 0.25) is 0 Å². The quantitative estimate of drug-likeness (QED) is 0.0146. The molecule has 530 valence electrons. The second kappa shape index (κ2) is 67.4. The van der Waals surface area contributed by atoms with Crippen molar-refractivity contribution in [1.82, 2.24) is 0 Å². The van der Waals surface area contributed by atoms with Crippen LogP contribution in [0.15, 0.2) is 146 Å². The van der Waals surface area contributed by atoms with Crippen molar-refractivity contribution in [3.05, 3.63) is 146 Å². The topological polar surface area (TPSA) is 231 Å². The summed E-state index contributed by atoms with van der Waals surface area (Å²) in [4.78, 5) is 58.3. The predicted octanol–water partition coefficient (Wildman–Crippen LogP) is 19.8. The predicted molar refractivity (Wildman–Crippen MR) is 380 cm³/mol. The average molecular weight is 1340 g/mol. The highest BCUT2D eigenvalue weighted by molar-refractivity contribution is 7.47. The highest BCUT2D eigenvalue weighted by Gasteiger charge is 2.29. The van der Waals surface area contributed by atoms with Gasteiger partial charge in [-0.1, -0.05) is 269 Å². The van der Waals surface area contributed by atoms with Crippen molar-refractivity contribution in [1.29, 1.82) is 0 Å². The molecule has 0 spiro atoms. The molecule has 93 heavy (non-hydrogen) atoms. The number of phosphoric acid groups is 2. The second-order valence-corrected chi connectivity index (χ2v) is 25.8. The van der Waals surface area contributed by atoms with E-state index in [2.05, 4.69) is 148 Å². The lowest BCUT2D eigenvalue weighted by Crippen LogP contribution is -2.30. The van der Waals surface area contributed by atoms with Gasteiger partial charge in [0.2, 0.25) is 0 Å². The van der Waals surface area contributed by atoms with Gasteiger partial charge in [-0.2, -0.15) is 0 Å². The SMILES string of the molecule is CC/C=C\C/C=C\C/C=C\C/C=C\C/C=C\C/C=C\CCCCCCCCCCC(=O)OCC(O)COP(=O)(O)OCC(O)COP(=O)(O)OCC(COC(=O)CC/C=C\C/C=C\C/C=C\C/C=C\C/C=C\C/C=C\CC)OC(=O)CCCCCCCCCCCCC. The largest absolute Gasteiger partial charge is 0.472 e. The van der Waals surface area contributed by atoms with Crippen molar-refractivity contribution in [2.75, 3.05) is 39.6 Å². The first-order valence-electron chi connectivity index (χ1n) is 35.1. The van der Waals surface area contributed by atoms with Gasteiger partial charge in [0.15, 0.2) is 6.10 Å². The molecule has 0 heterocycles. The van der Waals surface area contributed by atoms with Crippen molar-refractivity contribution >= 4 is 33.6 Å². The number of allylic oxidation sites excluding steroid dienone is 24. The molecule has 0 saturated carbocycles. The first-order valence-corrected chi connectivity index (χ1v) is 38.1. The smallest absolute Gasteiger partial charge is 0.463 e. The lowest BCUT2D eigenvalue weighted by molar-refractivity contribution is -0.161. The van der Waals surface area contributed by atoms with Gasteiger partial charge < -0.3 is 34.2 Å². The summed E-state index contributed by atoms with van der Waals surface area (Å²) < 4.78 is 60.8. The average Bonchev–Trinajstić information content (AvgIpc) is 2.94. The Morgan fingerprint density at radius 2 is 0.591 bits per heavy atom. The lowest BCUT2D eigenvalue weighted by Gasteiger charge is -2.21. The van der Waals surface area contributed by atoms with Crippen molar-refractivity contribution < 1.29 is 75.8 Å². The van der Waals surface area contributed by atoms with Crippen LogP contribution in [-0.4, -0.2) is 95.9 Å². The van der Waals surface area contributed by atoms with Gasteiger partial charge in [-0.25, -0.2) is 9.13 Å². The summed E-state index contributed by atoms with van der Waals surface area (Å²) in [6.45, 7) is 2.31. The van der Waals surface area contributed by atoms with Crippen LogP contribution < -0.4 is 0 Å². The van der Waals surface area contributed by atoms with Crippen LogP contribution in [0.4, 0.5) is 0 Å². The summed E-state index contributed by atoms with van der Waals surface area (Å²) in [5, 5.41) is 20.6. The third kappa shape index (κ3) is 68.6. The Balaban J connectivity index is 4.57. The molecular weight excluding hydrogens is 1220 g/mol. The minimum Gasteiger partial charge on any atom is -0.463 e. The Morgan fingerprint density at radius 1 is 0.312 bits per heavy atom. The number of ether oxygens (including phenoxy) is 3. The molecule has 0 radical (unpaired) electrons. The zero-order valence-electron chi connectivity index (χ0n) is 57.4. The molecule has 0 fully saturated rings. The number of rotatable bonds is 65. The van der Waals surface area contributed by atoms with Gasteiger partial charge in [0.25, 0.3) is 0 Å². The van der Waals surface area contributed by atoms with Crippen LogP contribution in [0.3, 0.4) is 0 Å². The number of aliphatic hydroxyl groups is 2. The molecule has 0 aromatic rings. The highest BCUT2D eigenvalue weighted by atomic mass is 31.2. The number of esters is 3.